The van der Waals surface area contributed by atoms with Crippen LogP contribution in [0.2, 0.25) is 0 Å². The lowest BCUT2D eigenvalue weighted by molar-refractivity contribution is 0.395. The van der Waals surface area contributed by atoms with Crippen molar-refractivity contribution in [1.82, 2.24) is 20.3 Å². The molecule has 1 N–H and O–H groups in total. The molecule has 0 saturated heterocycles. The van der Waals surface area contributed by atoms with Crippen LogP contribution in [0.1, 0.15) is 0 Å². The first-order valence-corrected chi connectivity index (χ1v) is 8.06. The van der Waals surface area contributed by atoms with Gasteiger partial charge in [-0.1, -0.05) is 17.3 Å². The van der Waals surface area contributed by atoms with E-state index in [9.17, 15) is 4.39 Å². The predicted molar refractivity (Wildman–Crippen MR) is 95.8 cm³/mol. The molecule has 2 aromatic heterocycles. The minimum absolute atomic E-state index is 0.168. The third-order valence-corrected chi connectivity index (χ3v) is 4.03. The van der Waals surface area contributed by atoms with E-state index in [4.69, 9.17) is 14.0 Å². The molecule has 0 amide bonds. The van der Waals surface area contributed by atoms with Crippen molar-refractivity contribution in [1.29, 1.82) is 0 Å². The number of rotatable bonds is 5. The van der Waals surface area contributed by atoms with E-state index in [1.807, 2.05) is 12.1 Å². The minimum atomic E-state index is -0.418. The molecule has 0 aliphatic heterocycles. The van der Waals surface area contributed by atoms with E-state index in [-0.39, 0.29) is 17.3 Å². The average Bonchev–Trinajstić information content (AvgIpc) is 3.37. The van der Waals surface area contributed by atoms with Gasteiger partial charge in [0.2, 0.25) is 5.82 Å². The van der Waals surface area contributed by atoms with Crippen LogP contribution in [-0.2, 0) is 0 Å². The number of nitrogens with zero attached hydrogens (tertiary/aromatic N) is 3. The maximum Gasteiger partial charge on any atom is 0.276 e. The van der Waals surface area contributed by atoms with Gasteiger partial charge in [0.05, 0.1) is 25.5 Å². The van der Waals surface area contributed by atoms with E-state index in [1.54, 1.807) is 44.6 Å². The molecule has 4 rings (SSSR count). The number of aromatic nitrogens is 4. The van der Waals surface area contributed by atoms with Crippen molar-refractivity contribution in [2.75, 3.05) is 14.2 Å². The third-order valence-electron chi connectivity index (χ3n) is 4.03. The fourth-order valence-electron chi connectivity index (χ4n) is 2.66. The zero-order valence-corrected chi connectivity index (χ0v) is 14.6. The van der Waals surface area contributed by atoms with Gasteiger partial charge in [-0.05, 0) is 30.3 Å². The molecule has 0 bridgehead atoms. The van der Waals surface area contributed by atoms with Crippen LogP contribution in [0.4, 0.5) is 4.39 Å². The summed E-state index contributed by atoms with van der Waals surface area (Å²) < 4.78 is 29.8. The van der Waals surface area contributed by atoms with Crippen LogP contribution in [0.3, 0.4) is 0 Å². The molecular formula is C19H15FN4O3. The maximum absolute atomic E-state index is 13.9. The summed E-state index contributed by atoms with van der Waals surface area (Å²) in [6, 6.07) is 13.4. The first-order valence-electron chi connectivity index (χ1n) is 8.06. The van der Waals surface area contributed by atoms with Crippen LogP contribution >= 0.6 is 0 Å². The molecule has 0 radical (unpaired) electrons. The third kappa shape index (κ3) is 3.12. The lowest BCUT2D eigenvalue weighted by Gasteiger charge is -2.08. The van der Waals surface area contributed by atoms with Crippen LogP contribution in [0.5, 0.6) is 11.5 Å². The van der Waals surface area contributed by atoms with Crippen LogP contribution in [0.15, 0.2) is 53.1 Å². The summed E-state index contributed by atoms with van der Waals surface area (Å²) in [7, 11) is 3.16. The quantitative estimate of drug-likeness (QED) is 0.576. The standard InChI is InChI=1S/C19H15FN4O3/c1-25-11-7-8-13(17(9-11)26-2)15-10-16(23-22-15)19-21-18(24-27-19)12-5-3-4-6-14(12)20/h3-10H,1-2H3,(H,22,23). The van der Waals surface area contributed by atoms with Crippen molar-refractivity contribution in [3.63, 3.8) is 0 Å². The highest BCUT2D eigenvalue weighted by molar-refractivity contribution is 5.71. The number of H-pyrrole nitrogens is 1. The second-order valence-corrected chi connectivity index (χ2v) is 5.64. The summed E-state index contributed by atoms with van der Waals surface area (Å²) in [5.74, 6) is 1.25. The Balaban J connectivity index is 1.67. The monoisotopic (exact) mass is 366 g/mol. The summed E-state index contributed by atoms with van der Waals surface area (Å²) in [5, 5.41) is 11.0. The Morgan fingerprint density at radius 1 is 1.00 bits per heavy atom. The van der Waals surface area contributed by atoms with Crippen LogP contribution in [0, 0.1) is 5.82 Å². The Kier molecular flexibility index (Phi) is 4.29. The Morgan fingerprint density at radius 2 is 1.85 bits per heavy atom. The van der Waals surface area contributed by atoms with Gasteiger partial charge >= 0.3 is 0 Å². The van der Waals surface area contributed by atoms with Gasteiger partial charge < -0.3 is 14.0 Å². The highest BCUT2D eigenvalue weighted by Crippen LogP contribution is 2.34. The van der Waals surface area contributed by atoms with Gasteiger partial charge in [-0.25, -0.2) is 4.39 Å². The Labute approximate surface area is 153 Å². The van der Waals surface area contributed by atoms with E-state index in [0.717, 1.165) is 5.56 Å². The molecule has 136 valence electrons. The topological polar surface area (TPSA) is 86.1 Å². The molecule has 0 atom stereocenters. The van der Waals surface area contributed by atoms with Crippen molar-refractivity contribution < 1.29 is 18.4 Å². The van der Waals surface area contributed by atoms with E-state index < -0.39 is 5.82 Å². The number of halogens is 1. The molecule has 2 heterocycles. The second kappa shape index (κ2) is 6.91. The summed E-state index contributed by atoms with van der Waals surface area (Å²) in [5.41, 5.74) is 2.19. The average molecular weight is 366 g/mol. The molecule has 27 heavy (non-hydrogen) atoms. The number of hydrogen-bond acceptors (Lipinski definition) is 6. The van der Waals surface area contributed by atoms with E-state index in [2.05, 4.69) is 20.3 Å². The Hall–Kier alpha value is -3.68. The van der Waals surface area contributed by atoms with Gasteiger partial charge in [-0.15, -0.1) is 0 Å². The van der Waals surface area contributed by atoms with E-state index >= 15 is 0 Å². The van der Waals surface area contributed by atoms with Gasteiger partial charge in [-0.2, -0.15) is 10.1 Å². The zero-order chi connectivity index (χ0) is 18.8. The zero-order valence-electron chi connectivity index (χ0n) is 14.6. The van der Waals surface area contributed by atoms with Crippen molar-refractivity contribution >= 4 is 0 Å². The summed E-state index contributed by atoms with van der Waals surface area (Å²) in [6.45, 7) is 0. The molecule has 8 heteroatoms. The van der Waals surface area contributed by atoms with Crippen molar-refractivity contribution in [3.8, 4) is 45.7 Å². The van der Waals surface area contributed by atoms with Crippen LogP contribution in [-0.4, -0.2) is 34.6 Å². The molecule has 0 saturated carbocycles. The van der Waals surface area contributed by atoms with E-state index in [0.29, 0.717) is 22.9 Å². The normalized spacial score (nSPS) is 10.8. The maximum atomic E-state index is 13.9. The van der Waals surface area contributed by atoms with Crippen molar-refractivity contribution in [2.24, 2.45) is 0 Å². The van der Waals surface area contributed by atoms with Gasteiger partial charge in [0.25, 0.3) is 5.89 Å². The second-order valence-electron chi connectivity index (χ2n) is 5.64. The number of hydrogen-bond donors (Lipinski definition) is 1. The van der Waals surface area contributed by atoms with E-state index in [1.165, 1.54) is 6.07 Å². The predicted octanol–water partition coefficient (Wildman–Crippen LogP) is 3.95. The first-order chi connectivity index (χ1) is 13.2. The summed E-state index contributed by atoms with van der Waals surface area (Å²) in [4.78, 5) is 4.25. The molecule has 4 aromatic rings. The lowest BCUT2D eigenvalue weighted by atomic mass is 10.1. The molecule has 7 nitrogen and oxygen atoms in total. The largest absolute Gasteiger partial charge is 0.497 e. The number of nitrogens with one attached hydrogen (secondary N) is 1. The minimum Gasteiger partial charge on any atom is -0.497 e. The summed E-state index contributed by atoms with van der Waals surface area (Å²) >= 11 is 0. The lowest BCUT2D eigenvalue weighted by Crippen LogP contribution is -1.90. The van der Waals surface area contributed by atoms with Crippen molar-refractivity contribution in [2.45, 2.75) is 0 Å². The number of benzene rings is 2. The Morgan fingerprint density at radius 3 is 2.63 bits per heavy atom. The number of methoxy groups -OCH3 is 2. The van der Waals surface area contributed by atoms with Gasteiger partial charge in [0, 0.05) is 11.6 Å². The molecule has 2 aromatic carbocycles. The molecule has 0 aliphatic carbocycles. The molecule has 0 spiro atoms. The van der Waals surface area contributed by atoms with Gasteiger partial charge in [-0.3, -0.25) is 5.10 Å². The summed E-state index contributed by atoms with van der Waals surface area (Å²) in [6.07, 6.45) is 0. The SMILES string of the molecule is COc1ccc(-c2cc(-c3nc(-c4ccccc4F)no3)[nH]n2)c(OC)c1. The van der Waals surface area contributed by atoms with Crippen LogP contribution < -0.4 is 9.47 Å². The fraction of sp³-hybridized carbons (Fsp3) is 0.105. The van der Waals surface area contributed by atoms with Crippen molar-refractivity contribution in [3.05, 3.63) is 54.3 Å². The first kappa shape index (κ1) is 16.8. The van der Waals surface area contributed by atoms with Gasteiger partial charge in [0.1, 0.15) is 23.0 Å². The highest BCUT2D eigenvalue weighted by atomic mass is 19.1. The van der Waals surface area contributed by atoms with Crippen LogP contribution in [0.25, 0.3) is 34.2 Å². The molecule has 0 aliphatic rings. The highest BCUT2D eigenvalue weighted by Gasteiger charge is 2.17. The Bertz CT molecular complexity index is 1090. The fourth-order valence-corrected chi connectivity index (χ4v) is 2.66. The molecule has 0 fully saturated rings. The number of ether oxygens (including phenoxy) is 2. The number of aromatic amines is 1. The van der Waals surface area contributed by atoms with Gasteiger partial charge in [0.15, 0.2) is 0 Å². The smallest absolute Gasteiger partial charge is 0.276 e. The molecular weight excluding hydrogens is 351 g/mol. The molecule has 0 unspecified atom stereocenters.